The molecule has 6 heteroatoms. The summed E-state index contributed by atoms with van der Waals surface area (Å²) >= 11 is 12.1. The van der Waals surface area contributed by atoms with Gasteiger partial charge in [0.25, 0.3) is 0 Å². The van der Waals surface area contributed by atoms with Gasteiger partial charge >= 0.3 is 0 Å². The van der Waals surface area contributed by atoms with Crippen molar-refractivity contribution < 1.29 is 0 Å². The van der Waals surface area contributed by atoms with Crippen LogP contribution in [0, 0.1) is 0 Å². The fourth-order valence-corrected chi connectivity index (χ4v) is 2.25. The lowest BCUT2D eigenvalue weighted by atomic mass is 10.1. The lowest BCUT2D eigenvalue weighted by Crippen LogP contribution is -2.01. The molecular weight excluding hydrogens is 295 g/mol. The summed E-state index contributed by atoms with van der Waals surface area (Å²) in [5.41, 5.74) is 2.17. The van der Waals surface area contributed by atoms with Gasteiger partial charge in [-0.2, -0.15) is 0 Å². The fraction of sp³-hybridized carbons (Fsp3) is 0. The molecule has 0 aliphatic heterocycles. The van der Waals surface area contributed by atoms with Crippen molar-refractivity contribution in [3.63, 3.8) is 0 Å². The average molecular weight is 302 g/mol. The van der Waals surface area contributed by atoms with Gasteiger partial charge in [0.1, 0.15) is 5.65 Å². The molecule has 4 nitrogen and oxygen atoms in total. The molecule has 1 aliphatic carbocycles. The first-order valence-electron chi connectivity index (χ1n) is 5.72. The number of aliphatic imine (C=N–C) groups is 1. The Balaban J connectivity index is 2.24. The zero-order chi connectivity index (χ0) is 14.1. The molecule has 0 saturated heterocycles. The quantitative estimate of drug-likeness (QED) is 0.790. The minimum atomic E-state index is 0.418. The molecule has 0 spiro atoms. The summed E-state index contributed by atoms with van der Waals surface area (Å²) in [7, 11) is 0. The van der Waals surface area contributed by atoms with Crippen molar-refractivity contribution in [3.05, 3.63) is 57.7 Å². The van der Waals surface area contributed by atoms with Crippen molar-refractivity contribution >= 4 is 51.5 Å². The molecule has 1 aliphatic rings. The highest BCUT2D eigenvalue weighted by molar-refractivity contribution is 6.36. The van der Waals surface area contributed by atoms with Crippen LogP contribution in [0.1, 0.15) is 0 Å². The van der Waals surface area contributed by atoms with Crippen molar-refractivity contribution in [1.29, 1.82) is 0 Å². The van der Waals surface area contributed by atoms with Crippen molar-refractivity contribution in [2.75, 3.05) is 0 Å². The van der Waals surface area contributed by atoms with Gasteiger partial charge in [-0.15, -0.1) is 0 Å². The van der Waals surface area contributed by atoms with E-state index in [-0.39, 0.29) is 0 Å². The lowest BCUT2D eigenvalue weighted by Gasteiger charge is -2.09. The third-order valence-electron chi connectivity index (χ3n) is 2.83. The Morgan fingerprint density at radius 3 is 2.95 bits per heavy atom. The standard InChI is InChI=1S/C14H7Cl2N4/c15-9-2-1-8(6-17)12(5-9)20-13-10-3-4-18-14(10)19-7-11(13)16/h1-5,7H,(H,18,19)/q-1. The molecule has 0 saturated carbocycles. The first-order valence-corrected chi connectivity index (χ1v) is 6.47. The van der Waals surface area contributed by atoms with E-state index >= 15 is 0 Å². The Labute approximate surface area is 124 Å². The maximum absolute atomic E-state index is 9.13. The number of aromatic amines is 1. The number of H-pyrrole nitrogens is 1. The Bertz CT molecular complexity index is 836. The zero-order valence-electron chi connectivity index (χ0n) is 10.1. The van der Waals surface area contributed by atoms with Gasteiger partial charge in [-0.25, -0.2) is 9.98 Å². The predicted octanol–water partition coefficient (Wildman–Crippen LogP) is 4.15. The van der Waals surface area contributed by atoms with Gasteiger partial charge in [-0.05, 0) is 24.3 Å². The van der Waals surface area contributed by atoms with Gasteiger partial charge < -0.3 is 10.4 Å². The van der Waals surface area contributed by atoms with Crippen LogP contribution < -0.4 is 0 Å². The number of nitrogens with zero attached hydrogens (tertiary/aromatic N) is 3. The van der Waals surface area contributed by atoms with Crippen molar-refractivity contribution in [2.24, 2.45) is 4.99 Å². The third-order valence-corrected chi connectivity index (χ3v) is 3.34. The van der Waals surface area contributed by atoms with E-state index in [1.807, 2.05) is 6.07 Å². The van der Waals surface area contributed by atoms with E-state index in [2.05, 4.69) is 20.8 Å². The molecule has 0 unspecified atom stereocenters. The number of halogens is 2. The number of rotatable bonds is 1. The maximum atomic E-state index is 9.13. The van der Waals surface area contributed by atoms with E-state index in [9.17, 15) is 0 Å². The first kappa shape index (κ1) is 12.9. The summed E-state index contributed by atoms with van der Waals surface area (Å²) in [5.74, 6) is 2.09. The van der Waals surface area contributed by atoms with Gasteiger partial charge in [0, 0.05) is 22.2 Å². The smallest absolute Gasteiger partial charge is 0.139 e. The first-order chi connectivity index (χ1) is 9.69. The molecule has 0 bridgehead atoms. The van der Waals surface area contributed by atoms with Crippen LogP contribution in [0.4, 0.5) is 5.69 Å². The summed E-state index contributed by atoms with van der Waals surface area (Å²) in [6, 6.07) is 1.84. The topological polar surface area (TPSA) is 63.3 Å². The second-order valence-corrected chi connectivity index (χ2v) is 4.92. The molecule has 2 heterocycles. The minimum Gasteiger partial charge on any atom is -0.763 e. The Morgan fingerprint density at radius 1 is 1.30 bits per heavy atom. The average Bonchev–Trinajstić information content (AvgIpc) is 2.91. The van der Waals surface area contributed by atoms with Crippen molar-refractivity contribution in [2.45, 2.75) is 0 Å². The third kappa shape index (κ3) is 2.21. The number of aromatic nitrogens is 2. The van der Waals surface area contributed by atoms with E-state index < -0.39 is 0 Å². The van der Waals surface area contributed by atoms with Crippen LogP contribution in [-0.2, 0) is 0 Å². The van der Waals surface area contributed by atoms with Crippen LogP contribution in [0.5, 0.6) is 0 Å². The van der Waals surface area contributed by atoms with Crippen LogP contribution in [0.2, 0.25) is 5.02 Å². The highest BCUT2D eigenvalue weighted by Crippen LogP contribution is 2.33. The molecule has 0 aromatic carbocycles. The van der Waals surface area contributed by atoms with Crippen molar-refractivity contribution in [3.8, 4) is 0 Å². The number of hydrogen-bond donors (Lipinski definition) is 1. The van der Waals surface area contributed by atoms with E-state index in [1.54, 1.807) is 24.4 Å². The summed E-state index contributed by atoms with van der Waals surface area (Å²) in [5, 5.41) is 10.8. The van der Waals surface area contributed by atoms with E-state index in [4.69, 9.17) is 28.6 Å². The summed E-state index contributed by atoms with van der Waals surface area (Å²) in [6.45, 7) is 0. The second-order valence-electron chi connectivity index (χ2n) is 4.08. The van der Waals surface area contributed by atoms with Gasteiger partial charge in [0.05, 0.1) is 22.6 Å². The van der Waals surface area contributed by atoms with Crippen LogP contribution in [0.3, 0.4) is 0 Å². The lowest BCUT2D eigenvalue weighted by molar-refractivity contribution is 1.32. The van der Waals surface area contributed by atoms with Crippen molar-refractivity contribution in [1.82, 2.24) is 9.97 Å². The van der Waals surface area contributed by atoms with Crippen LogP contribution in [0.15, 0.2) is 52.3 Å². The Morgan fingerprint density at radius 2 is 2.15 bits per heavy atom. The number of allylic oxidation sites excluding steroid dienone is 5. The summed E-state index contributed by atoms with van der Waals surface area (Å²) < 4.78 is 0. The molecule has 2 aromatic heterocycles. The summed E-state index contributed by atoms with van der Waals surface area (Å²) in [4.78, 5) is 11.6. The number of fused-ring (bicyclic) bond motifs is 1. The van der Waals surface area contributed by atoms with Gasteiger partial charge in [0.2, 0.25) is 0 Å². The van der Waals surface area contributed by atoms with Gasteiger partial charge in [-0.1, -0.05) is 23.2 Å². The fourth-order valence-electron chi connectivity index (χ4n) is 1.90. The monoisotopic (exact) mass is 301 g/mol. The molecule has 0 amide bonds. The van der Waals surface area contributed by atoms with Crippen LogP contribution >= 0.6 is 23.2 Å². The number of hydrogen-bond acceptors (Lipinski definition) is 2. The molecular formula is C14H7Cl2N4-. The molecule has 1 N–H and O–H groups in total. The molecule has 3 rings (SSSR count). The maximum Gasteiger partial charge on any atom is 0.139 e. The molecule has 0 radical (unpaired) electrons. The Kier molecular flexibility index (Phi) is 3.28. The van der Waals surface area contributed by atoms with E-state index in [0.717, 1.165) is 5.39 Å². The normalized spacial score (nSPS) is 16.6. The highest BCUT2D eigenvalue weighted by atomic mass is 35.5. The van der Waals surface area contributed by atoms with E-state index in [1.165, 1.54) is 6.20 Å². The molecule has 0 fully saturated rings. The predicted molar refractivity (Wildman–Crippen MR) is 83.2 cm³/mol. The SMILES string of the molecule is [N-]=C=C1C=CC(Cl)=CC1=Nc1c(Cl)cnc2[nH]ccc12. The molecule has 98 valence electrons. The number of nitrogens with one attached hydrogen (secondary N) is 1. The molecule has 2 aromatic rings. The van der Waals surface area contributed by atoms with E-state index in [0.29, 0.717) is 32.7 Å². The van der Waals surface area contributed by atoms with Gasteiger partial charge in [0.15, 0.2) is 0 Å². The molecule has 0 atom stereocenters. The largest absolute Gasteiger partial charge is 0.763 e. The number of pyridine rings is 1. The van der Waals surface area contributed by atoms with Crippen LogP contribution in [0.25, 0.3) is 16.4 Å². The molecule has 20 heavy (non-hydrogen) atoms. The highest BCUT2D eigenvalue weighted by Gasteiger charge is 2.11. The Hall–Kier alpha value is -2.13. The van der Waals surface area contributed by atoms with Gasteiger partial charge in [-0.3, -0.25) is 5.87 Å². The summed E-state index contributed by atoms with van der Waals surface area (Å²) in [6.07, 6.45) is 8.20. The zero-order valence-corrected chi connectivity index (χ0v) is 11.6. The second kappa shape index (κ2) is 5.10. The minimum absolute atomic E-state index is 0.418. The van der Waals surface area contributed by atoms with Crippen LogP contribution in [-0.4, -0.2) is 21.5 Å².